The Labute approximate surface area is 122 Å². The van der Waals surface area contributed by atoms with E-state index < -0.39 is 5.60 Å². The fourth-order valence-electron chi connectivity index (χ4n) is 2.25. The van der Waals surface area contributed by atoms with Crippen LogP contribution in [-0.2, 0) is 9.47 Å². The molecule has 0 aliphatic carbocycles. The predicted octanol–water partition coefficient (Wildman–Crippen LogP) is 2.45. The van der Waals surface area contributed by atoms with Gasteiger partial charge in [-0.1, -0.05) is 6.92 Å². The van der Waals surface area contributed by atoms with Gasteiger partial charge in [-0.2, -0.15) is 0 Å². The van der Waals surface area contributed by atoms with Crippen LogP contribution in [0.1, 0.15) is 53.9 Å². The first-order valence-corrected chi connectivity index (χ1v) is 7.64. The molecule has 1 rings (SSSR count). The zero-order valence-electron chi connectivity index (χ0n) is 13.5. The fourth-order valence-corrected chi connectivity index (χ4v) is 2.25. The molecule has 2 N–H and O–H groups in total. The molecule has 3 atom stereocenters. The van der Waals surface area contributed by atoms with Gasteiger partial charge >= 0.3 is 6.09 Å². The maximum Gasteiger partial charge on any atom is 0.407 e. The third-order valence-electron chi connectivity index (χ3n) is 3.30. The van der Waals surface area contributed by atoms with Crippen molar-refractivity contribution in [3.8, 4) is 0 Å². The van der Waals surface area contributed by atoms with Gasteiger partial charge in [0, 0.05) is 25.2 Å². The first kappa shape index (κ1) is 17.2. The number of hydrogen-bond donors (Lipinski definition) is 2. The van der Waals surface area contributed by atoms with Gasteiger partial charge in [-0.15, -0.1) is 0 Å². The molecule has 0 aromatic heterocycles. The summed E-state index contributed by atoms with van der Waals surface area (Å²) in [6.45, 7) is 11.3. The molecule has 1 fully saturated rings. The normalized spacial score (nSPS) is 25.1. The van der Waals surface area contributed by atoms with Crippen LogP contribution in [0.4, 0.5) is 4.79 Å². The lowest BCUT2D eigenvalue weighted by Gasteiger charge is -2.30. The maximum atomic E-state index is 11.6. The van der Waals surface area contributed by atoms with E-state index in [9.17, 15) is 4.79 Å². The largest absolute Gasteiger partial charge is 0.444 e. The van der Waals surface area contributed by atoms with Crippen LogP contribution in [0.25, 0.3) is 0 Å². The van der Waals surface area contributed by atoms with Gasteiger partial charge in [0.2, 0.25) is 0 Å². The SMILES string of the molecule is CCC1CC(NCC(C)NC(=O)OC(C)(C)C)CCO1. The highest BCUT2D eigenvalue weighted by molar-refractivity contribution is 5.68. The van der Waals surface area contributed by atoms with Gasteiger partial charge in [0.25, 0.3) is 0 Å². The lowest BCUT2D eigenvalue weighted by atomic mass is 10.0. The Morgan fingerprint density at radius 1 is 1.45 bits per heavy atom. The van der Waals surface area contributed by atoms with Gasteiger partial charge in [0.15, 0.2) is 0 Å². The van der Waals surface area contributed by atoms with Crippen LogP contribution in [0.5, 0.6) is 0 Å². The van der Waals surface area contributed by atoms with Crippen LogP contribution < -0.4 is 10.6 Å². The third kappa shape index (κ3) is 7.10. The Kier molecular flexibility index (Phi) is 6.76. The molecular weight excluding hydrogens is 256 g/mol. The van der Waals surface area contributed by atoms with Crippen molar-refractivity contribution < 1.29 is 14.3 Å². The van der Waals surface area contributed by atoms with E-state index in [-0.39, 0.29) is 12.1 Å². The van der Waals surface area contributed by atoms with E-state index in [0.717, 1.165) is 32.4 Å². The average Bonchev–Trinajstić information content (AvgIpc) is 2.34. The van der Waals surface area contributed by atoms with E-state index >= 15 is 0 Å². The molecule has 5 heteroatoms. The monoisotopic (exact) mass is 286 g/mol. The average molecular weight is 286 g/mol. The molecule has 0 spiro atoms. The van der Waals surface area contributed by atoms with Crippen LogP contribution >= 0.6 is 0 Å². The first-order chi connectivity index (χ1) is 9.30. The molecule has 1 heterocycles. The number of alkyl carbamates (subject to hydrolysis) is 1. The Morgan fingerprint density at radius 3 is 2.75 bits per heavy atom. The molecule has 1 amide bonds. The van der Waals surface area contributed by atoms with E-state index in [4.69, 9.17) is 9.47 Å². The second-order valence-corrected chi connectivity index (χ2v) is 6.58. The maximum absolute atomic E-state index is 11.6. The molecule has 3 unspecified atom stereocenters. The molecule has 0 aromatic carbocycles. The van der Waals surface area contributed by atoms with E-state index in [2.05, 4.69) is 17.6 Å². The van der Waals surface area contributed by atoms with Crippen LogP contribution in [0.2, 0.25) is 0 Å². The Bertz CT molecular complexity index is 302. The van der Waals surface area contributed by atoms with Crippen molar-refractivity contribution in [2.75, 3.05) is 13.2 Å². The third-order valence-corrected chi connectivity index (χ3v) is 3.30. The van der Waals surface area contributed by atoms with Crippen molar-refractivity contribution in [2.45, 2.75) is 77.7 Å². The summed E-state index contributed by atoms with van der Waals surface area (Å²) < 4.78 is 10.9. The zero-order valence-corrected chi connectivity index (χ0v) is 13.5. The molecule has 20 heavy (non-hydrogen) atoms. The molecule has 0 bridgehead atoms. The minimum absolute atomic E-state index is 0.0489. The minimum atomic E-state index is -0.452. The summed E-state index contributed by atoms with van der Waals surface area (Å²) in [4.78, 5) is 11.6. The number of ether oxygens (including phenoxy) is 2. The Morgan fingerprint density at radius 2 is 2.15 bits per heavy atom. The molecule has 1 saturated heterocycles. The summed E-state index contributed by atoms with van der Waals surface area (Å²) in [5.74, 6) is 0. The summed E-state index contributed by atoms with van der Waals surface area (Å²) in [5, 5.41) is 6.35. The van der Waals surface area contributed by atoms with Crippen LogP contribution in [0, 0.1) is 0 Å². The second kappa shape index (κ2) is 7.84. The zero-order chi connectivity index (χ0) is 15.2. The Balaban J connectivity index is 2.22. The molecular formula is C15H30N2O3. The van der Waals surface area contributed by atoms with Gasteiger partial charge in [0.1, 0.15) is 5.60 Å². The number of carbonyl (C=O) groups excluding carboxylic acids is 1. The van der Waals surface area contributed by atoms with Crippen LogP contribution in [0.3, 0.4) is 0 Å². The number of amides is 1. The second-order valence-electron chi connectivity index (χ2n) is 6.58. The standard InChI is InChI=1S/C15H30N2O3/c1-6-13-9-12(7-8-19-13)16-10-11(2)17-14(18)20-15(3,4)5/h11-13,16H,6-10H2,1-5H3,(H,17,18). The summed E-state index contributed by atoms with van der Waals surface area (Å²) >= 11 is 0. The van der Waals surface area contributed by atoms with Crippen molar-refractivity contribution >= 4 is 6.09 Å². The van der Waals surface area contributed by atoms with Crippen molar-refractivity contribution in [1.29, 1.82) is 0 Å². The van der Waals surface area contributed by atoms with E-state index in [1.807, 2.05) is 27.7 Å². The molecule has 0 aromatic rings. The molecule has 0 saturated carbocycles. The summed E-state index contributed by atoms with van der Waals surface area (Å²) in [7, 11) is 0. The predicted molar refractivity (Wildman–Crippen MR) is 79.9 cm³/mol. The number of nitrogens with one attached hydrogen (secondary N) is 2. The lowest BCUT2D eigenvalue weighted by molar-refractivity contribution is -0.000428. The highest BCUT2D eigenvalue weighted by Crippen LogP contribution is 2.16. The Hall–Kier alpha value is -0.810. The smallest absolute Gasteiger partial charge is 0.407 e. The molecule has 5 nitrogen and oxygen atoms in total. The van der Waals surface area contributed by atoms with Crippen molar-refractivity contribution in [2.24, 2.45) is 0 Å². The van der Waals surface area contributed by atoms with E-state index in [1.54, 1.807) is 0 Å². The van der Waals surface area contributed by atoms with Gasteiger partial charge in [-0.3, -0.25) is 0 Å². The van der Waals surface area contributed by atoms with E-state index in [1.165, 1.54) is 0 Å². The van der Waals surface area contributed by atoms with Gasteiger partial charge < -0.3 is 20.1 Å². The number of carbonyl (C=O) groups is 1. The van der Waals surface area contributed by atoms with Gasteiger partial charge in [0.05, 0.1) is 6.10 Å². The molecule has 118 valence electrons. The van der Waals surface area contributed by atoms with Crippen molar-refractivity contribution in [3.63, 3.8) is 0 Å². The molecule has 1 aliphatic heterocycles. The van der Waals surface area contributed by atoms with Gasteiger partial charge in [-0.05, 0) is 47.0 Å². The lowest BCUT2D eigenvalue weighted by Crippen LogP contribution is -2.47. The number of rotatable bonds is 5. The molecule has 0 radical (unpaired) electrons. The highest BCUT2D eigenvalue weighted by atomic mass is 16.6. The van der Waals surface area contributed by atoms with Crippen LogP contribution in [-0.4, -0.2) is 43.0 Å². The van der Waals surface area contributed by atoms with Gasteiger partial charge in [-0.25, -0.2) is 4.79 Å². The van der Waals surface area contributed by atoms with Crippen LogP contribution in [0.15, 0.2) is 0 Å². The summed E-state index contributed by atoms with van der Waals surface area (Å²) in [5.41, 5.74) is -0.452. The minimum Gasteiger partial charge on any atom is -0.444 e. The summed E-state index contributed by atoms with van der Waals surface area (Å²) in [6, 6.07) is 0.532. The quantitative estimate of drug-likeness (QED) is 0.815. The topological polar surface area (TPSA) is 59.6 Å². The van der Waals surface area contributed by atoms with E-state index in [0.29, 0.717) is 12.1 Å². The summed E-state index contributed by atoms with van der Waals surface area (Å²) in [6.07, 6.45) is 3.16. The molecule has 1 aliphatic rings. The van der Waals surface area contributed by atoms with Crippen molar-refractivity contribution in [1.82, 2.24) is 10.6 Å². The fraction of sp³-hybridized carbons (Fsp3) is 0.933. The first-order valence-electron chi connectivity index (χ1n) is 7.64. The van der Waals surface area contributed by atoms with Crippen molar-refractivity contribution in [3.05, 3.63) is 0 Å². The highest BCUT2D eigenvalue weighted by Gasteiger charge is 2.22. The number of hydrogen-bond acceptors (Lipinski definition) is 4.